The summed E-state index contributed by atoms with van der Waals surface area (Å²) in [5, 5.41) is 7.38. The van der Waals surface area contributed by atoms with Crippen LogP contribution in [0.4, 0.5) is 0 Å². The van der Waals surface area contributed by atoms with Crippen LogP contribution in [0.1, 0.15) is 26.3 Å². The molecule has 10 rings (SSSR count). The Hall–Kier alpha value is -5.22. The molecule has 0 saturated carbocycles. The molecule has 0 amide bonds. The Morgan fingerprint density at radius 2 is 1.16 bits per heavy atom. The summed E-state index contributed by atoms with van der Waals surface area (Å²) in [7, 11) is 0. The third-order valence-electron chi connectivity index (χ3n) is 9.90. The molecule has 0 spiro atoms. The lowest BCUT2D eigenvalue weighted by atomic mass is 9.46. The maximum Gasteiger partial charge on any atom is 0.332 e. The molecule has 9 aromatic rings. The summed E-state index contributed by atoms with van der Waals surface area (Å²) in [5.74, 6) is 0. The maximum atomic E-state index is 6.78. The van der Waals surface area contributed by atoms with Crippen molar-refractivity contribution in [1.82, 2.24) is 9.05 Å². The minimum atomic E-state index is -0.0667. The molecule has 3 aromatic heterocycles. The molecular formula is C40H29BN2O. The number of nitrogens with zero attached hydrogens (tertiary/aromatic N) is 2. The molecule has 0 bridgehead atoms. The van der Waals surface area contributed by atoms with Crippen molar-refractivity contribution in [3.63, 3.8) is 0 Å². The molecule has 1 aliphatic rings. The van der Waals surface area contributed by atoms with E-state index in [1.54, 1.807) is 0 Å². The highest BCUT2D eigenvalue weighted by atomic mass is 16.3. The van der Waals surface area contributed by atoms with Crippen LogP contribution in [-0.2, 0) is 5.41 Å². The first-order chi connectivity index (χ1) is 21.5. The predicted molar refractivity (Wildman–Crippen MR) is 187 cm³/mol. The van der Waals surface area contributed by atoms with Crippen LogP contribution >= 0.6 is 0 Å². The van der Waals surface area contributed by atoms with E-state index in [4.69, 9.17) is 4.42 Å². The second-order valence-corrected chi connectivity index (χ2v) is 13.3. The van der Waals surface area contributed by atoms with E-state index in [9.17, 15) is 0 Å². The van der Waals surface area contributed by atoms with Crippen LogP contribution < -0.4 is 10.9 Å². The Balaban J connectivity index is 1.48. The molecule has 0 radical (unpaired) electrons. The summed E-state index contributed by atoms with van der Waals surface area (Å²) in [6.45, 7) is 6.98. The quantitative estimate of drug-likeness (QED) is 0.183. The Labute approximate surface area is 255 Å². The first-order valence-electron chi connectivity index (χ1n) is 15.5. The molecule has 0 unspecified atom stereocenters. The van der Waals surface area contributed by atoms with Gasteiger partial charge in [0, 0.05) is 43.5 Å². The van der Waals surface area contributed by atoms with E-state index in [-0.39, 0.29) is 12.3 Å². The Kier molecular flexibility index (Phi) is 4.54. The summed E-state index contributed by atoms with van der Waals surface area (Å²) in [5.41, 5.74) is 12.0. The standard InChI is InChI=1S/C40H29BN2O/c1-40(2,3)30-23-22-27-24-12-4-8-16-32(24)42-34-18-10-7-15-31(34)41(36(30)37(27)42)43-33-17-9-5-13-25(33)28-20-21-29-26-14-6-11-19-35(26)44-39(29)38(28)43/h4-23H,1-3H3. The van der Waals surface area contributed by atoms with Crippen molar-refractivity contribution >= 4 is 83.3 Å². The molecule has 44 heavy (non-hydrogen) atoms. The third-order valence-corrected chi connectivity index (χ3v) is 9.90. The Morgan fingerprint density at radius 1 is 0.545 bits per heavy atom. The fourth-order valence-corrected chi connectivity index (χ4v) is 8.14. The molecule has 1 aliphatic heterocycles. The van der Waals surface area contributed by atoms with Crippen LogP contribution in [-0.4, -0.2) is 15.9 Å². The zero-order chi connectivity index (χ0) is 29.3. The number of fused-ring (bicyclic) bond motifs is 12. The zero-order valence-corrected chi connectivity index (χ0v) is 24.9. The van der Waals surface area contributed by atoms with Crippen LogP contribution in [0.25, 0.3) is 71.2 Å². The Morgan fingerprint density at radius 3 is 1.98 bits per heavy atom. The molecule has 4 heterocycles. The van der Waals surface area contributed by atoms with E-state index in [2.05, 4.69) is 151 Å². The van der Waals surface area contributed by atoms with Crippen molar-refractivity contribution in [2.24, 2.45) is 0 Å². The highest BCUT2D eigenvalue weighted by Crippen LogP contribution is 2.41. The van der Waals surface area contributed by atoms with Gasteiger partial charge in [-0.15, -0.1) is 0 Å². The number of furan rings is 1. The summed E-state index contributed by atoms with van der Waals surface area (Å²) in [4.78, 5) is 0. The van der Waals surface area contributed by atoms with Gasteiger partial charge in [0.25, 0.3) is 0 Å². The van der Waals surface area contributed by atoms with Gasteiger partial charge in [0.1, 0.15) is 5.58 Å². The van der Waals surface area contributed by atoms with Gasteiger partial charge in [-0.1, -0.05) is 112 Å². The summed E-state index contributed by atoms with van der Waals surface area (Å²) in [6, 6.07) is 44.5. The number of benzene rings is 6. The monoisotopic (exact) mass is 564 g/mol. The van der Waals surface area contributed by atoms with Gasteiger partial charge in [-0.25, -0.2) is 0 Å². The van der Waals surface area contributed by atoms with Gasteiger partial charge in [0.2, 0.25) is 0 Å². The maximum absolute atomic E-state index is 6.78. The molecule has 0 atom stereocenters. The van der Waals surface area contributed by atoms with Gasteiger partial charge in [-0.2, -0.15) is 0 Å². The smallest absolute Gasteiger partial charge is 0.332 e. The van der Waals surface area contributed by atoms with Crippen molar-refractivity contribution in [2.45, 2.75) is 26.2 Å². The molecule has 0 fully saturated rings. The molecule has 0 N–H and O–H groups in total. The van der Waals surface area contributed by atoms with E-state index in [0.717, 1.165) is 27.5 Å². The van der Waals surface area contributed by atoms with Crippen LogP contribution in [0.15, 0.2) is 126 Å². The SMILES string of the molecule is CC(C)(C)c1ccc2c3ccccc3n3c2c1B(n1c2ccccc2c2ccc4c5ccccc5oc4c21)c1ccccc1-3. The average Bonchev–Trinajstić information content (AvgIpc) is 3.70. The molecule has 208 valence electrons. The van der Waals surface area contributed by atoms with Crippen LogP contribution in [0, 0.1) is 0 Å². The zero-order valence-electron chi connectivity index (χ0n) is 24.9. The predicted octanol–water partition coefficient (Wildman–Crippen LogP) is 9.06. The van der Waals surface area contributed by atoms with Gasteiger partial charge in [-0.05, 0) is 52.2 Å². The van der Waals surface area contributed by atoms with Gasteiger partial charge in [0.05, 0.1) is 16.6 Å². The number of aromatic nitrogens is 2. The van der Waals surface area contributed by atoms with E-state index >= 15 is 0 Å². The van der Waals surface area contributed by atoms with Gasteiger partial charge in [0.15, 0.2) is 5.58 Å². The van der Waals surface area contributed by atoms with Crippen LogP contribution in [0.3, 0.4) is 0 Å². The lowest BCUT2D eigenvalue weighted by molar-refractivity contribution is 0.594. The van der Waals surface area contributed by atoms with Gasteiger partial charge in [-0.3, -0.25) is 0 Å². The number of hydrogen-bond acceptors (Lipinski definition) is 1. The molecule has 6 aromatic carbocycles. The number of rotatable bonds is 1. The second kappa shape index (κ2) is 8.24. The lowest BCUT2D eigenvalue weighted by Crippen LogP contribution is -2.55. The van der Waals surface area contributed by atoms with Crippen molar-refractivity contribution < 1.29 is 4.42 Å². The normalized spacial score (nSPS) is 13.3. The fourth-order valence-electron chi connectivity index (χ4n) is 8.14. The highest BCUT2D eigenvalue weighted by Gasteiger charge is 2.40. The van der Waals surface area contributed by atoms with Crippen LogP contribution in [0.2, 0.25) is 0 Å². The minimum absolute atomic E-state index is 0.0536. The highest BCUT2D eigenvalue weighted by molar-refractivity contribution is 6.88. The topological polar surface area (TPSA) is 23.0 Å². The largest absolute Gasteiger partial charge is 0.454 e. The third kappa shape index (κ3) is 2.93. The fraction of sp³-hybridized carbons (Fsp3) is 0.100. The molecule has 0 saturated heterocycles. The molecule has 0 aliphatic carbocycles. The molecule has 3 nitrogen and oxygen atoms in total. The second-order valence-electron chi connectivity index (χ2n) is 13.3. The average molecular weight is 564 g/mol. The molecule has 4 heteroatoms. The van der Waals surface area contributed by atoms with Crippen molar-refractivity contribution in [1.29, 1.82) is 0 Å². The first-order valence-corrected chi connectivity index (χ1v) is 15.5. The van der Waals surface area contributed by atoms with E-state index in [0.29, 0.717) is 0 Å². The lowest BCUT2D eigenvalue weighted by Gasteiger charge is -2.33. The van der Waals surface area contributed by atoms with Gasteiger partial charge >= 0.3 is 6.85 Å². The Bertz CT molecular complexity index is 2660. The van der Waals surface area contributed by atoms with E-state index in [1.165, 1.54) is 60.3 Å². The van der Waals surface area contributed by atoms with Crippen molar-refractivity contribution in [3.05, 3.63) is 127 Å². The summed E-state index contributed by atoms with van der Waals surface area (Å²) >= 11 is 0. The first kappa shape index (κ1) is 24.3. The summed E-state index contributed by atoms with van der Waals surface area (Å²) in [6.07, 6.45) is 0. The minimum Gasteiger partial charge on any atom is -0.454 e. The number of para-hydroxylation sites is 4. The molecular weight excluding hydrogens is 535 g/mol. The van der Waals surface area contributed by atoms with Crippen molar-refractivity contribution in [2.75, 3.05) is 0 Å². The number of hydrogen-bond donors (Lipinski definition) is 0. The van der Waals surface area contributed by atoms with Crippen LogP contribution in [0.5, 0.6) is 0 Å². The van der Waals surface area contributed by atoms with E-state index in [1.807, 2.05) is 0 Å². The van der Waals surface area contributed by atoms with Gasteiger partial charge < -0.3 is 13.5 Å². The van der Waals surface area contributed by atoms with E-state index < -0.39 is 0 Å². The summed E-state index contributed by atoms with van der Waals surface area (Å²) < 4.78 is 11.9. The van der Waals surface area contributed by atoms with Crippen molar-refractivity contribution in [3.8, 4) is 5.69 Å².